The fourth-order valence-corrected chi connectivity index (χ4v) is 4.55. The van der Waals surface area contributed by atoms with Gasteiger partial charge in [0.2, 0.25) is 0 Å². The number of rotatable bonds is 12. The lowest BCUT2D eigenvalue weighted by atomic mass is 10.2. The van der Waals surface area contributed by atoms with E-state index in [1.807, 2.05) is 77.4 Å². The number of para-hydroxylation sites is 2. The Kier molecular flexibility index (Phi) is 9.31. The van der Waals surface area contributed by atoms with Crippen LogP contribution in [0.4, 0.5) is 11.4 Å². The van der Waals surface area contributed by atoms with Gasteiger partial charge < -0.3 is 10.2 Å². The molecule has 3 aromatic carbocycles. The Bertz CT molecular complexity index is 1290. The summed E-state index contributed by atoms with van der Waals surface area (Å²) in [5.41, 5.74) is 6.63. The number of nitrogens with zero attached hydrogens (tertiary/aromatic N) is 5. The van der Waals surface area contributed by atoms with Crippen molar-refractivity contribution in [2.24, 2.45) is 5.10 Å². The summed E-state index contributed by atoms with van der Waals surface area (Å²) in [6, 6.07) is 27.9. The van der Waals surface area contributed by atoms with E-state index in [2.05, 4.69) is 56.9 Å². The Labute approximate surface area is 221 Å². The summed E-state index contributed by atoms with van der Waals surface area (Å²) >= 11 is 1.32. The van der Waals surface area contributed by atoms with Crippen LogP contribution in [-0.4, -0.2) is 45.7 Å². The molecule has 0 fully saturated rings. The molecule has 0 unspecified atom stereocenters. The standard InChI is InChI=1S/C28H31N7OS/c1-3-34(4-2)24-17-15-22(16-18-24)19-30-32-27(36)21-37-28-33-31-26(20-29-23-11-7-5-8-12-23)35(28)25-13-9-6-10-14-25/h5-19,29H,3-4,20-21H2,1-2H3,(H,32,36)/b30-19+. The Balaban J connectivity index is 1.36. The predicted molar refractivity (Wildman–Crippen MR) is 152 cm³/mol. The molecule has 0 spiro atoms. The van der Waals surface area contributed by atoms with E-state index in [1.165, 1.54) is 17.4 Å². The molecule has 0 aliphatic carbocycles. The van der Waals surface area contributed by atoms with Crippen molar-refractivity contribution in [3.8, 4) is 5.69 Å². The van der Waals surface area contributed by atoms with E-state index in [9.17, 15) is 4.79 Å². The minimum absolute atomic E-state index is 0.162. The number of thioether (sulfide) groups is 1. The van der Waals surface area contributed by atoms with Crippen LogP contribution in [-0.2, 0) is 11.3 Å². The summed E-state index contributed by atoms with van der Waals surface area (Å²) in [6.45, 7) is 6.69. The molecule has 0 saturated carbocycles. The maximum absolute atomic E-state index is 12.5. The number of aromatic nitrogens is 3. The van der Waals surface area contributed by atoms with E-state index in [0.717, 1.165) is 35.9 Å². The van der Waals surface area contributed by atoms with Crippen LogP contribution in [0.5, 0.6) is 0 Å². The fraction of sp³-hybridized carbons (Fsp3) is 0.214. The van der Waals surface area contributed by atoms with Crippen molar-refractivity contribution in [1.82, 2.24) is 20.2 Å². The SMILES string of the molecule is CCN(CC)c1ccc(/C=N/NC(=O)CSc2nnc(CNc3ccccc3)n2-c2ccccc2)cc1. The van der Waals surface area contributed by atoms with Gasteiger partial charge in [-0.2, -0.15) is 5.10 Å². The van der Waals surface area contributed by atoms with Gasteiger partial charge in [0, 0.05) is 30.2 Å². The first-order valence-electron chi connectivity index (χ1n) is 12.3. The first kappa shape index (κ1) is 26.0. The van der Waals surface area contributed by atoms with Gasteiger partial charge in [-0.05, 0) is 55.8 Å². The fourth-order valence-electron chi connectivity index (χ4n) is 3.78. The van der Waals surface area contributed by atoms with Crippen molar-refractivity contribution in [2.75, 3.05) is 29.1 Å². The maximum Gasteiger partial charge on any atom is 0.250 e. The first-order valence-corrected chi connectivity index (χ1v) is 13.2. The van der Waals surface area contributed by atoms with E-state index < -0.39 is 0 Å². The van der Waals surface area contributed by atoms with Gasteiger partial charge in [-0.25, -0.2) is 5.43 Å². The minimum Gasteiger partial charge on any atom is -0.378 e. The average molecular weight is 514 g/mol. The molecule has 4 aromatic rings. The first-order chi connectivity index (χ1) is 18.2. The third-order valence-corrected chi connectivity index (χ3v) is 6.63. The molecule has 0 bridgehead atoms. The average Bonchev–Trinajstić information content (AvgIpc) is 3.36. The van der Waals surface area contributed by atoms with Gasteiger partial charge in [0.25, 0.3) is 5.91 Å². The summed E-state index contributed by atoms with van der Waals surface area (Å²) < 4.78 is 1.97. The third kappa shape index (κ3) is 7.20. The predicted octanol–water partition coefficient (Wildman–Crippen LogP) is 4.97. The van der Waals surface area contributed by atoms with Crippen LogP contribution < -0.4 is 15.6 Å². The molecule has 37 heavy (non-hydrogen) atoms. The second kappa shape index (κ2) is 13.3. The Morgan fingerprint density at radius 2 is 1.62 bits per heavy atom. The van der Waals surface area contributed by atoms with E-state index in [0.29, 0.717) is 11.7 Å². The molecule has 0 radical (unpaired) electrons. The van der Waals surface area contributed by atoms with Crippen molar-refractivity contribution in [2.45, 2.75) is 25.5 Å². The second-order valence-electron chi connectivity index (χ2n) is 8.14. The van der Waals surface area contributed by atoms with Crippen LogP contribution >= 0.6 is 11.8 Å². The smallest absolute Gasteiger partial charge is 0.250 e. The van der Waals surface area contributed by atoms with Gasteiger partial charge >= 0.3 is 0 Å². The van der Waals surface area contributed by atoms with Crippen LogP contribution in [0.2, 0.25) is 0 Å². The van der Waals surface area contributed by atoms with E-state index in [-0.39, 0.29) is 11.7 Å². The van der Waals surface area contributed by atoms with E-state index >= 15 is 0 Å². The van der Waals surface area contributed by atoms with Crippen molar-refractivity contribution in [3.63, 3.8) is 0 Å². The van der Waals surface area contributed by atoms with Gasteiger partial charge in [-0.1, -0.05) is 60.3 Å². The zero-order chi connectivity index (χ0) is 25.9. The molecule has 4 rings (SSSR count). The van der Waals surface area contributed by atoms with Gasteiger partial charge in [0.15, 0.2) is 11.0 Å². The number of amides is 1. The van der Waals surface area contributed by atoms with Crippen LogP contribution in [0.1, 0.15) is 25.2 Å². The number of nitrogens with one attached hydrogen (secondary N) is 2. The molecule has 0 atom stereocenters. The highest BCUT2D eigenvalue weighted by atomic mass is 32.2. The van der Waals surface area contributed by atoms with E-state index in [4.69, 9.17) is 0 Å². The molecule has 0 aliphatic rings. The largest absolute Gasteiger partial charge is 0.378 e. The van der Waals surface area contributed by atoms with Gasteiger partial charge in [-0.15, -0.1) is 10.2 Å². The maximum atomic E-state index is 12.5. The van der Waals surface area contributed by atoms with Crippen molar-refractivity contribution in [3.05, 3.63) is 96.3 Å². The van der Waals surface area contributed by atoms with Gasteiger partial charge in [-0.3, -0.25) is 9.36 Å². The molecular weight excluding hydrogens is 482 g/mol. The molecular formula is C28H31N7OS. The number of hydrogen-bond acceptors (Lipinski definition) is 7. The Morgan fingerprint density at radius 1 is 0.946 bits per heavy atom. The summed E-state index contributed by atoms with van der Waals surface area (Å²) in [5, 5.41) is 16.9. The van der Waals surface area contributed by atoms with E-state index in [1.54, 1.807) is 6.21 Å². The number of hydrazone groups is 1. The molecule has 1 aromatic heterocycles. The highest BCUT2D eigenvalue weighted by Gasteiger charge is 2.15. The summed E-state index contributed by atoms with van der Waals surface area (Å²) in [5.74, 6) is 0.701. The summed E-state index contributed by atoms with van der Waals surface area (Å²) in [4.78, 5) is 14.7. The molecule has 0 saturated heterocycles. The summed E-state index contributed by atoms with van der Waals surface area (Å²) in [6.07, 6.45) is 1.65. The Morgan fingerprint density at radius 3 is 2.30 bits per heavy atom. The van der Waals surface area contributed by atoms with Crippen molar-refractivity contribution >= 4 is 35.3 Å². The molecule has 190 valence electrons. The zero-order valence-corrected chi connectivity index (χ0v) is 21.9. The summed E-state index contributed by atoms with van der Waals surface area (Å²) in [7, 11) is 0. The highest BCUT2D eigenvalue weighted by Crippen LogP contribution is 2.22. The van der Waals surface area contributed by atoms with Crippen molar-refractivity contribution in [1.29, 1.82) is 0 Å². The lowest BCUT2D eigenvalue weighted by Crippen LogP contribution is -2.21. The molecule has 1 heterocycles. The number of carbonyl (C=O) groups is 1. The second-order valence-corrected chi connectivity index (χ2v) is 9.08. The quantitative estimate of drug-likeness (QED) is 0.158. The minimum atomic E-state index is -0.215. The molecule has 2 N–H and O–H groups in total. The lowest BCUT2D eigenvalue weighted by molar-refractivity contribution is -0.118. The van der Waals surface area contributed by atoms with Crippen LogP contribution in [0.3, 0.4) is 0 Å². The topological polar surface area (TPSA) is 87.4 Å². The third-order valence-electron chi connectivity index (χ3n) is 5.70. The number of carbonyl (C=O) groups excluding carboxylic acids is 1. The monoisotopic (exact) mass is 513 g/mol. The van der Waals surface area contributed by atoms with Crippen molar-refractivity contribution < 1.29 is 4.79 Å². The zero-order valence-electron chi connectivity index (χ0n) is 21.0. The molecule has 0 aliphatic heterocycles. The van der Waals surface area contributed by atoms with Gasteiger partial charge in [0.05, 0.1) is 18.5 Å². The van der Waals surface area contributed by atoms with Crippen LogP contribution in [0.15, 0.2) is 95.2 Å². The normalized spacial score (nSPS) is 11.0. The lowest BCUT2D eigenvalue weighted by Gasteiger charge is -2.20. The number of benzene rings is 3. The van der Waals surface area contributed by atoms with Crippen LogP contribution in [0.25, 0.3) is 5.69 Å². The number of hydrogen-bond donors (Lipinski definition) is 2. The molecule has 9 heteroatoms. The molecule has 8 nitrogen and oxygen atoms in total. The highest BCUT2D eigenvalue weighted by molar-refractivity contribution is 7.99. The van der Waals surface area contributed by atoms with Crippen LogP contribution in [0, 0.1) is 0 Å². The Hall–Kier alpha value is -4.11. The number of anilines is 2. The van der Waals surface area contributed by atoms with Gasteiger partial charge in [0.1, 0.15) is 0 Å². The molecule has 1 amide bonds.